The number of piperazine rings is 1. The lowest BCUT2D eigenvalue weighted by molar-refractivity contribution is 0.0697. The molecule has 1 saturated heterocycles. The van der Waals surface area contributed by atoms with Crippen LogP contribution in [0.1, 0.15) is 15.9 Å². The highest BCUT2D eigenvalue weighted by molar-refractivity contribution is 5.87. The molecule has 3 rings (SSSR count). The van der Waals surface area contributed by atoms with Gasteiger partial charge in [0.15, 0.2) is 11.6 Å². The largest absolute Gasteiger partial charge is 0.478 e. The van der Waals surface area contributed by atoms with Crippen LogP contribution in [0.25, 0.3) is 0 Å². The van der Waals surface area contributed by atoms with Crippen molar-refractivity contribution in [1.82, 2.24) is 9.88 Å². The number of aromatic carboxylic acids is 1. The minimum atomic E-state index is -0.914. The molecule has 0 radical (unpaired) electrons. The van der Waals surface area contributed by atoms with Gasteiger partial charge in [-0.05, 0) is 29.8 Å². The van der Waals surface area contributed by atoms with E-state index in [0.29, 0.717) is 11.4 Å². The van der Waals surface area contributed by atoms with Gasteiger partial charge in [0.25, 0.3) is 0 Å². The molecular formula is C17H18FN3O2. The summed E-state index contributed by atoms with van der Waals surface area (Å²) in [6, 6.07) is 9.95. The lowest BCUT2D eigenvalue weighted by atomic mass is 10.1. The molecular weight excluding hydrogens is 297 g/mol. The smallest absolute Gasteiger partial charge is 0.335 e. The molecule has 1 aliphatic heterocycles. The van der Waals surface area contributed by atoms with Crippen molar-refractivity contribution in [3.8, 4) is 0 Å². The molecule has 6 heteroatoms. The van der Waals surface area contributed by atoms with Gasteiger partial charge in [-0.2, -0.15) is 0 Å². The third-order valence-corrected chi connectivity index (χ3v) is 4.02. The molecule has 0 atom stereocenters. The molecule has 0 amide bonds. The van der Waals surface area contributed by atoms with Crippen molar-refractivity contribution >= 4 is 11.8 Å². The second kappa shape index (κ2) is 6.75. The van der Waals surface area contributed by atoms with Crippen LogP contribution >= 0.6 is 0 Å². The molecule has 0 saturated carbocycles. The summed E-state index contributed by atoms with van der Waals surface area (Å²) in [5, 5.41) is 8.90. The summed E-state index contributed by atoms with van der Waals surface area (Å²) < 4.78 is 13.8. The molecule has 1 aliphatic rings. The highest BCUT2D eigenvalue weighted by atomic mass is 19.1. The van der Waals surface area contributed by atoms with Crippen LogP contribution in [-0.2, 0) is 6.54 Å². The number of halogens is 1. The van der Waals surface area contributed by atoms with Gasteiger partial charge in [0.1, 0.15) is 0 Å². The van der Waals surface area contributed by atoms with Gasteiger partial charge in [0.2, 0.25) is 0 Å². The number of hydrogen-bond donors (Lipinski definition) is 1. The van der Waals surface area contributed by atoms with Gasteiger partial charge in [0.05, 0.1) is 5.56 Å². The summed E-state index contributed by atoms with van der Waals surface area (Å²) in [5.41, 5.74) is 1.37. The Kier molecular flexibility index (Phi) is 4.52. The molecule has 0 unspecified atom stereocenters. The van der Waals surface area contributed by atoms with Gasteiger partial charge >= 0.3 is 5.97 Å². The van der Waals surface area contributed by atoms with Crippen LogP contribution in [0.3, 0.4) is 0 Å². The lowest BCUT2D eigenvalue weighted by Crippen LogP contribution is -2.46. The predicted molar refractivity (Wildman–Crippen MR) is 85.1 cm³/mol. The molecule has 0 spiro atoms. The van der Waals surface area contributed by atoms with Crippen LogP contribution < -0.4 is 4.90 Å². The van der Waals surface area contributed by atoms with Crippen molar-refractivity contribution in [3.05, 3.63) is 59.5 Å². The Morgan fingerprint density at radius 2 is 1.83 bits per heavy atom. The molecule has 0 aliphatic carbocycles. The first-order chi connectivity index (χ1) is 11.1. The number of anilines is 1. The quantitative estimate of drug-likeness (QED) is 0.938. The van der Waals surface area contributed by atoms with E-state index in [2.05, 4.69) is 9.88 Å². The zero-order chi connectivity index (χ0) is 16.2. The van der Waals surface area contributed by atoms with Gasteiger partial charge < -0.3 is 10.0 Å². The molecule has 1 N–H and O–H groups in total. The van der Waals surface area contributed by atoms with E-state index >= 15 is 0 Å². The van der Waals surface area contributed by atoms with Gasteiger partial charge in [-0.1, -0.05) is 12.1 Å². The summed E-state index contributed by atoms with van der Waals surface area (Å²) in [5.74, 6) is -0.786. The van der Waals surface area contributed by atoms with Gasteiger partial charge in [-0.25, -0.2) is 14.2 Å². The van der Waals surface area contributed by atoms with Crippen molar-refractivity contribution < 1.29 is 14.3 Å². The van der Waals surface area contributed by atoms with Crippen LogP contribution in [0.4, 0.5) is 10.2 Å². The summed E-state index contributed by atoms with van der Waals surface area (Å²) in [6.07, 6.45) is 1.61. The van der Waals surface area contributed by atoms with E-state index in [1.165, 1.54) is 6.07 Å². The van der Waals surface area contributed by atoms with E-state index < -0.39 is 5.97 Å². The van der Waals surface area contributed by atoms with Gasteiger partial charge in [-0.3, -0.25) is 4.90 Å². The van der Waals surface area contributed by atoms with E-state index in [0.717, 1.165) is 38.3 Å². The lowest BCUT2D eigenvalue weighted by Gasteiger charge is -2.35. The second-order valence-electron chi connectivity index (χ2n) is 5.57. The number of carboxylic acid groups (broad SMARTS) is 1. The van der Waals surface area contributed by atoms with Crippen molar-refractivity contribution in [1.29, 1.82) is 0 Å². The number of benzene rings is 1. The molecule has 1 fully saturated rings. The van der Waals surface area contributed by atoms with Crippen molar-refractivity contribution in [2.45, 2.75) is 6.54 Å². The topological polar surface area (TPSA) is 56.7 Å². The first-order valence-electron chi connectivity index (χ1n) is 7.53. The molecule has 0 bridgehead atoms. The maximum absolute atomic E-state index is 13.8. The number of hydrogen-bond acceptors (Lipinski definition) is 4. The van der Waals surface area contributed by atoms with E-state index in [1.54, 1.807) is 24.4 Å². The number of carbonyl (C=O) groups is 1. The fourth-order valence-corrected chi connectivity index (χ4v) is 2.74. The Labute approximate surface area is 134 Å². The third kappa shape index (κ3) is 3.65. The second-order valence-corrected chi connectivity index (χ2v) is 5.57. The Morgan fingerprint density at radius 1 is 1.13 bits per heavy atom. The van der Waals surface area contributed by atoms with Gasteiger partial charge in [-0.15, -0.1) is 0 Å². The number of aromatic nitrogens is 1. The number of carboxylic acids is 1. The van der Waals surface area contributed by atoms with Crippen LogP contribution in [-0.4, -0.2) is 47.1 Å². The van der Waals surface area contributed by atoms with Crippen molar-refractivity contribution in [2.24, 2.45) is 0 Å². The highest BCUT2D eigenvalue weighted by Gasteiger charge is 2.20. The normalized spacial score (nSPS) is 15.6. The number of rotatable bonds is 4. The Balaban J connectivity index is 1.57. The molecule has 5 nitrogen and oxygen atoms in total. The molecule has 1 aromatic carbocycles. The highest BCUT2D eigenvalue weighted by Crippen LogP contribution is 2.18. The third-order valence-electron chi connectivity index (χ3n) is 4.02. The monoisotopic (exact) mass is 315 g/mol. The maximum Gasteiger partial charge on any atom is 0.335 e. The Morgan fingerprint density at radius 3 is 2.43 bits per heavy atom. The zero-order valence-corrected chi connectivity index (χ0v) is 12.7. The van der Waals surface area contributed by atoms with Crippen LogP contribution in [0, 0.1) is 5.82 Å². The fraction of sp³-hybridized carbons (Fsp3) is 0.294. The maximum atomic E-state index is 13.8. The van der Waals surface area contributed by atoms with Gasteiger partial charge in [0, 0.05) is 38.9 Å². The molecule has 2 heterocycles. The van der Waals surface area contributed by atoms with Crippen molar-refractivity contribution in [2.75, 3.05) is 31.1 Å². The summed E-state index contributed by atoms with van der Waals surface area (Å²) in [4.78, 5) is 19.2. The number of pyridine rings is 1. The van der Waals surface area contributed by atoms with Crippen molar-refractivity contribution in [3.63, 3.8) is 0 Å². The molecule has 1 aromatic heterocycles. The fourth-order valence-electron chi connectivity index (χ4n) is 2.74. The van der Waals surface area contributed by atoms with E-state index in [-0.39, 0.29) is 5.82 Å². The van der Waals surface area contributed by atoms with E-state index in [4.69, 9.17) is 5.11 Å². The first-order valence-corrected chi connectivity index (χ1v) is 7.53. The Hall–Kier alpha value is -2.47. The Bertz CT molecular complexity index is 682. The standard InChI is InChI=1S/C17H18FN3O2/c18-15-2-1-7-19-16(15)21-10-8-20(9-11-21)12-13-3-5-14(6-4-13)17(22)23/h1-7H,8-12H2,(H,22,23). The van der Waals surface area contributed by atoms with Crippen LogP contribution in [0.2, 0.25) is 0 Å². The molecule has 120 valence electrons. The number of nitrogens with zero attached hydrogens (tertiary/aromatic N) is 3. The van der Waals surface area contributed by atoms with Crippen LogP contribution in [0.5, 0.6) is 0 Å². The summed E-state index contributed by atoms with van der Waals surface area (Å²) in [6.45, 7) is 3.84. The zero-order valence-electron chi connectivity index (χ0n) is 12.7. The predicted octanol–water partition coefficient (Wildman–Crippen LogP) is 2.24. The SMILES string of the molecule is O=C(O)c1ccc(CN2CCN(c3ncccc3F)CC2)cc1. The van der Waals surface area contributed by atoms with E-state index in [9.17, 15) is 9.18 Å². The molecule has 2 aromatic rings. The average Bonchev–Trinajstić information content (AvgIpc) is 2.57. The minimum absolute atomic E-state index is 0.287. The average molecular weight is 315 g/mol. The van der Waals surface area contributed by atoms with E-state index in [1.807, 2.05) is 17.0 Å². The first kappa shape index (κ1) is 15.4. The van der Waals surface area contributed by atoms with Crippen LogP contribution in [0.15, 0.2) is 42.6 Å². The molecule has 23 heavy (non-hydrogen) atoms. The summed E-state index contributed by atoms with van der Waals surface area (Å²) >= 11 is 0. The minimum Gasteiger partial charge on any atom is -0.478 e. The summed E-state index contributed by atoms with van der Waals surface area (Å²) in [7, 11) is 0.